The van der Waals surface area contributed by atoms with Gasteiger partial charge >= 0.3 is 0 Å². The molecule has 0 saturated carbocycles. The Kier molecular flexibility index (Phi) is 9.14. The Morgan fingerprint density at radius 3 is 1.78 bits per heavy atom. The molecule has 0 aromatic heterocycles. The number of carbonyl (C=O) groups is 1. The van der Waals surface area contributed by atoms with Gasteiger partial charge in [-0.05, 0) is 0 Å². The van der Waals surface area contributed by atoms with Gasteiger partial charge in [0.1, 0.15) is 0 Å². The lowest BCUT2D eigenvalue weighted by Crippen LogP contribution is -3.11. The van der Waals surface area contributed by atoms with Gasteiger partial charge in [-0.2, -0.15) is 5.84 Å². The molecule has 0 bridgehead atoms. The standard InChI is InChI=1S/C2H8N2.C2H5NO2/c1-4(2)3;3-1-2(4)5/h3H2,1-2H3;1,3H2,(H,4,5). The molecule has 9 heavy (non-hydrogen) atoms. The second-order valence-electron chi connectivity index (χ2n) is 1.65. The average molecular weight is 135 g/mol. The highest BCUT2D eigenvalue weighted by atomic mass is 16.4. The lowest BCUT2D eigenvalue weighted by molar-refractivity contribution is -0.871. The van der Waals surface area contributed by atoms with E-state index in [1.54, 1.807) is 0 Å². The van der Waals surface area contributed by atoms with Crippen LogP contribution in [0.1, 0.15) is 0 Å². The Bertz CT molecular complexity index is 71.5. The Morgan fingerprint density at radius 1 is 1.67 bits per heavy atom. The zero-order chi connectivity index (χ0) is 7.86. The van der Waals surface area contributed by atoms with E-state index in [0.29, 0.717) is 0 Å². The fourth-order valence-corrected chi connectivity index (χ4v) is 0. The van der Waals surface area contributed by atoms with Gasteiger partial charge in [0.2, 0.25) is 0 Å². The topological polar surface area (TPSA) is 96.6 Å². The number of quaternary nitrogens is 1. The molecule has 0 heterocycles. The smallest absolute Gasteiger partial charge is 0.0837 e. The van der Waals surface area contributed by atoms with Gasteiger partial charge in [0, 0.05) is 6.54 Å². The molecular weight excluding hydrogens is 122 g/mol. The summed E-state index contributed by atoms with van der Waals surface area (Å²) in [7, 11) is 3.72. The van der Waals surface area contributed by atoms with E-state index in [-0.39, 0.29) is 6.54 Å². The molecular formula is C4H13N3O2. The van der Waals surface area contributed by atoms with Gasteiger partial charge in [-0.3, -0.25) is 5.01 Å². The first-order valence-corrected chi connectivity index (χ1v) is 2.46. The van der Waals surface area contributed by atoms with Crippen molar-refractivity contribution in [3.05, 3.63) is 0 Å². The number of rotatable bonds is 1. The predicted molar refractivity (Wildman–Crippen MR) is 31.1 cm³/mol. The summed E-state index contributed by atoms with van der Waals surface area (Å²) in [5, 5.41) is 10.0. The number of aliphatic carboxylic acids is 1. The minimum atomic E-state index is -1.22. The molecule has 5 N–H and O–H groups in total. The highest BCUT2D eigenvalue weighted by molar-refractivity contribution is 5.66. The zero-order valence-electron chi connectivity index (χ0n) is 5.68. The lowest BCUT2D eigenvalue weighted by atomic mass is 10.7. The van der Waals surface area contributed by atoms with Crippen molar-refractivity contribution >= 4 is 5.97 Å². The van der Waals surface area contributed by atoms with Crippen molar-refractivity contribution in [1.82, 2.24) is 0 Å². The van der Waals surface area contributed by atoms with E-state index in [0.717, 1.165) is 5.01 Å². The maximum absolute atomic E-state index is 9.13. The first-order chi connectivity index (χ1) is 4.00. The Labute approximate surface area is 54.2 Å². The molecule has 0 amide bonds. The summed E-state index contributed by atoms with van der Waals surface area (Å²) in [5.74, 6) is 3.81. The summed E-state index contributed by atoms with van der Waals surface area (Å²) < 4.78 is 0. The van der Waals surface area contributed by atoms with E-state index < -0.39 is 5.97 Å². The molecule has 0 atom stereocenters. The molecule has 56 valence electrons. The molecule has 0 aliphatic carbocycles. The summed E-state index contributed by atoms with van der Waals surface area (Å²) >= 11 is 0. The number of carbonyl (C=O) groups excluding carboxylic acids is 1. The maximum atomic E-state index is 9.13. The van der Waals surface area contributed by atoms with Crippen molar-refractivity contribution in [2.24, 2.45) is 11.6 Å². The highest BCUT2D eigenvalue weighted by Crippen LogP contribution is 1.33. The van der Waals surface area contributed by atoms with Crippen LogP contribution < -0.4 is 21.7 Å². The van der Waals surface area contributed by atoms with E-state index in [4.69, 9.17) is 15.7 Å². The Balaban J connectivity index is 0. The Hall–Kier alpha value is -0.650. The van der Waals surface area contributed by atoms with Crippen LogP contribution in [0.25, 0.3) is 0 Å². The van der Waals surface area contributed by atoms with Gasteiger partial charge < -0.3 is 15.6 Å². The summed E-state index contributed by atoms with van der Waals surface area (Å²) in [6, 6.07) is 0. The van der Waals surface area contributed by atoms with Crippen LogP contribution in [-0.2, 0) is 4.79 Å². The maximum Gasteiger partial charge on any atom is 0.0837 e. The van der Waals surface area contributed by atoms with Gasteiger partial charge in [0.15, 0.2) is 0 Å². The van der Waals surface area contributed by atoms with Gasteiger partial charge in [0.05, 0.1) is 20.1 Å². The third-order valence-corrected chi connectivity index (χ3v) is 0.167. The molecule has 0 aromatic carbocycles. The van der Waals surface area contributed by atoms with E-state index in [1.165, 1.54) is 0 Å². The SMILES string of the molecule is C[NH+](C)N.NCC(=O)[O-]. The van der Waals surface area contributed by atoms with Gasteiger partial charge in [-0.25, -0.2) is 0 Å². The fourth-order valence-electron chi connectivity index (χ4n) is 0. The summed E-state index contributed by atoms with van der Waals surface area (Å²) in [4.78, 5) is 9.13. The molecule has 0 aliphatic heterocycles. The van der Waals surface area contributed by atoms with Crippen LogP contribution in [0.2, 0.25) is 0 Å². The second kappa shape index (κ2) is 7.35. The van der Waals surface area contributed by atoms with Crippen LogP contribution >= 0.6 is 0 Å². The van der Waals surface area contributed by atoms with Crippen LogP contribution in [0.5, 0.6) is 0 Å². The summed E-state index contributed by atoms with van der Waals surface area (Å²) in [5.41, 5.74) is 4.51. The molecule has 0 fully saturated rings. The van der Waals surface area contributed by atoms with Crippen molar-refractivity contribution in [1.29, 1.82) is 0 Å². The third kappa shape index (κ3) is 115. The molecule has 5 heteroatoms. The number of nitrogens with one attached hydrogen (secondary N) is 1. The number of carboxylic acids is 1. The average Bonchev–Trinajstić information content (AvgIpc) is 1.65. The van der Waals surface area contributed by atoms with Crippen LogP contribution in [0, 0.1) is 0 Å². The predicted octanol–water partition coefficient (Wildman–Crippen LogP) is -4.30. The molecule has 0 aliphatic rings. The van der Waals surface area contributed by atoms with Crippen LogP contribution in [0.4, 0.5) is 0 Å². The zero-order valence-corrected chi connectivity index (χ0v) is 5.68. The van der Waals surface area contributed by atoms with Gasteiger partial charge in [-0.1, -0.05) is 0 Å². The minimum Gasteiger partial charge on any atom is -0.549 e. The minimum absolute atomic E-state index is 0.389. The largest absolute Gasteiger partial charge is 0.549 e. The third-order valence-electron chi connectivity index (χ3n) is 0.167. The van der Waals surface area contributed by atoms with Gasteiger partial charge in [-0.15, -0.1) is 0 Å². The van der Waals surface area contributed by atoms with E-state index in [9.17, 15) is 0 Å². The van der Waals surface area contributed by atoms with Crippen molar-refractivity contribution in [2.75, 3.05) is 20.6 Å². The summed E-state index contributed by atoms with van der Waals surface area (Å²) in [6.07, 6.45) is 0. The summed E-state index contributed by atoms with van der Waals surface area (Å²) in [6.45, 7) is -0.389. The number of hydrogen-bond acceptors (Lipinski definition) is 4. The quantitative estimate of drug-likeness (QED) is 0.250. The number of hydrogen-bond donors (Lipinski definition) is 3. The molecule has 0 rings (SSSR count). The normalized spacial score (nSPS) is 8.11. The molecule has 5 nitrogen and oxygen atoms in total. The molecule has 0 aromatic rings. The van der Waals surface area contributed by atoms with Crippen LogP contribution in [-0.4, -0.2) is 26.6 Å². The first kappa shape index (κ1) is 11.2. The monoisotopic (exact) mass is 135 g/mol. The fraction of sp³-hybridized carbons (Fsp3) is 0.750. The van der Waals surface area contributed by atoms with Crippen LogP contribution in [0.15, 0.2) is 0 Å². The molecule has 0 spiro atoms. The molecule has 0 radical (unpaired) electrons. The lowest BCUT2D eigenvalue weighted by Gasteiger charge is -1.87. The van der Waals surface area contributed by atoms with Crippen molar-refractivity contribution in [3.63, 3.8) is 0 Å². The Morgan fingerprint density at radius 2 is 1.78 bits per heavy atom. The van der Waals surface area contributed by atoms with Crippen molar-refractivity contribution in [2.45, 2.75) is 0 Å². The molecule has 0 saturated heterocycles. The van der Waals surface area contributed by atoms with E-state index >= 15 is 0 Å². The number of nitrogens with two attached hydrogens (primary N) is 2. The van der Waals surface area contributed by atoms with Gasteiger partial charge in [0.25, 0.3) is 0 Å². The number of carboxylic acid groups (broad SMARTS) is 1. The first-order valence-electron chi connectivity index (χ1n) is 2.46. The van der Waals surface area contributed by atoms with Crippen molar-refractivity contribution in [3.8, 4) is 0 Å². The van der Waals surface area contributed by atoms with Crippen molar-refractivity contribution < 1.29 is 14.9 Å². The second-order valence-corrected chi connectivity index (χ2v) is 1.65. The highest BCUT2D eigenvalue weighted by Gasteiger charge is 1.65. The molecule has 0 unspecified atom stereocenters. The van der Waals surface area contributed by atoms with E-state index in [1.807, 2.05) is 14.1 Å². The van der Waals surface area contributed by atoms with Crippen LogP contribution in [0.3, 0.4) is 0 Å². The van der Waals surface area contributed by atoms with E-state index in [2.05, 4.69) is 5.73 Å².